The summed E-state index contributed by atoms with van der Waals surface area (Å²) in [5.74, 6) is -1.30. The second-order valence-corrected chi connectivity index (χ2v) is 5.81. The monoisotopic (exact) mass is 395 g/mol. The number of anilines is 1. The van der Waals surface area contributed by atoms with Gasteiger partial charge in [-0.25, -0.2) is 4.79 Å². The molecule has 0 aromatic heterocycles. The van der Waals surface area contributed by atoms with Crippen LogP contribution in [0.15, 0.2) is 48.5 Å². The Morgan fingerprint density at radius 2 is 1.89 bits per heavy atom. The van der Waals surface area contributed by atoms with E-state index in [9.17, 15) is 18.4 Å². The summed E-state index contributed by atoms with van der Waals surface area (Å²) in [5, 5.41) is 3.04. The highest BCUT2D eigenvalue weighted by Gasteiger charge is 2.07. The number of nitrogens with one attached hydrogen (secondary N) is 1. The molecule has 0 aliphatic carbocycles. The van der Waals surface area contributed by atoms with E-state index in [2.05, 4.69) is 10.1 Å². The van der Waals surface area contributed by atoms with Gasteiger partial charge in [-0.2, -0.15) is 8.78 Å². The Hall–Kier alpha value is -2.93. The van der Waals surface area contributed by atoms with Crippen molar-refractivity contribution in [3.8, 4) is 5.75 Å². The summed E-state index contributed by atoms with van der Waals surface area (Å²) in [5.41, 5.74) is 1.99. The van der Waals surface area contributed by atoms with Crippen LogP contribution < -0.4 is 10.1 Å². The molecule has 2 aromatic carbocycles. The Morgan fingerprint density at radius 3 is 2.52 bits per heavy atom. The molecule has 0 saturated heterocycles. The number of rotatable bonds is 7. The highest BCUT2D eigenvalue weighted by atomic mass is 35.5. The largest absolute Gasteiger partial charge is 0.452 e. The molecule has 0 heterocycles. The molecule has 27 heavy (non-hydrogen) atoms. The van der Waals surface area contributed by atoms with Crippen molar-refractivity contribution in [2.45, 2.75) is 13.5 Å². The van der Waals surface area contributed by atoms with Gasteiger partial charge >= 0.3 is 12.6 Å². The highest BCUT2D eigenvalue weighted by Crippen LogP contribution is 2.18. The van der Waals surface area contributed by atoms with Crippen molar-refractivity contribution in [1.82, 2.24) is 0 Å². The molecule has 0 aliphatic heterocycles. The number of ether oxygens (including phenoxy) is 2. The van der Waals surface area contributed by atoms with Gasteiger partial charge in [-0.15, -0.1) is 0 Å². The summed E-state index contributed by atoms with van der Waals surface area (Å²) in [6.45, 7) is -1.55. The summed E-state index contributed by atoms with van der Waals surface area (Å²) in [4.78, 5) is 23.4. The van der Waals surface area contributed by atoms with E-state index in [0.717, 1.165) is 11.1 Å². The van der Waals surface area contributed by atoms with Crippen molar-refractivity contribution in [2.75, 3.05) is 11.9 Å². The van der Waals surface area contributed by atoms with Crippen LogP contribution in [-0.4, -0.2) is 25.1 Å². The first kappa shape index (κ1) is 20.4. The van der Waals surface area contributed by atoms with Gasteiger partial charge in [0, 0.05) is 16.8 Å². The first-order valence-electron chi connectivity index (χ1n) is 7.79. The number of amides is 1. The second kappa shape index (κ2) is 9.68. The van der Waals surface area contributed by atoms with Crippen molar-refractivity contribution >= 4 is 35.2 Å². The SMILES string of the molecule is Cc1ccc(/C=C/C(=O)OCC(=O)Nc2ccc(OC(F)F)cc2)cc1Cl. The van der Waals surface area contributed by atoms with E-state index < -0.39 is 25.1 Å². The summed E-state index contributed by atoms with van der Waals surface area (Å²) in [7, 11) is 0. The lowest BCUT2D eigenvalue weighted by Gasteiger charge is -2.07. The molecular weight excluding hydrogens is 380 g/mol. The van der Waals surface area contributed by atoms with Crippen LogP contribution in [0.3, 0.4) is 0 Å². The van der Waals surface area contributed by atoms with Crippen molar-refractivity contribution in [3.05, 3.63) is 64.7 Å². The molecule has 0 fully saturated rings. The minimum absolute atomic E-state index is 0.0317. The molecule has 2 aromatic rings. The van der Waals surface area contributed by atoms with E-state index in [1.807, 2.05) is 13.0 Å². The van der Waals surface area contributed by atoms with Gasteiger partial charge in [0.25, 0.3) is 5.91 Å². The molecule has 1 amide bonds. The van der Waals surface area contributed by atoms with E-state index in [1.165, 1.54) is 36.4 Å². The lowest BCUT2D eigenvalue weighted by molar-refractivity contribution is -0.142. The summed E-state index contributed by atoms with van der Waals surface area (Å²) < 4.78 is 33.2. The molecule has 0 radical (unpaired) electrons. The van der Waals surface area contributed by atoms with E-state index in [1.54, 1.807) is 12.1 Å². The van der Waals surface area contributed by atoms with Gasteiger partial charge in [0.15, 0.2) is 6.61 Å². The number of benzene rings is 2. The van der Waals surface area contributed by atoms with Gasteiger partial charge < -0.3 is 14.8 Å². The zero-order chi connectivity index (χ0) is 19.8. The fourth-order valence-corrected chi connectivity index (χ4v) is 2.17. The molecule has 8 heteroatoms. The smallest absolute Gasteiger partial charge is 0.387 e. The average Bonchev–Trinajstić information content (AvgIpc) is 2.62. The van der Waals surface area contributed by atoms with Gasteiger partial charge in [-0.1, -0.05) is 23.7 Å². The Balaban J connectivity index is 1.79. The first-order valence-corrected chi connectivity index (χ1v) is 8.17. The fourth-order valence-electron chi connectivity index (χ4n) is 1.98. The van der Waals surface area contributed by atoms with E-state index in [4.69, 9.17) is 16.3 Å². The molecule has 5 nitrogen and oxygen atoms in total. The predicted molar refractivity (Wildman–Crippen MR) is 97.9 cm³/mol. The minimum Gasteiger partial charge on any atom is -0.452 e. The molecule has 142 valence electrons. The number of hydrogen-bond acceptors (Lipinski definition) is 4. The molecule has 0 spiro atoms. The van der Waals surface area contributed by atoms with E-state index in [0.29, 0.717) is 10.7 Å². The summed E-state index contributed by atoms with van der Waals surface area (Å²) in [6, 6.07) is 10.6. The quantitative estimate of drug-likeness (QED) is 0.556. The Bertz CT molecular complexity index is 838. The van der Waals surface area contributed by atoms with Gasteiger partial charge in [0.2, 0.25) is 0 Å². The molecule has 0 bridgehead atoms. The third kappa shape index (κ3) is 7.07. The number of carbonyl (C=O) groups excluding carboxylic acids is 2. The number of halogens is 3. The minimum atomic E-state index is -2.92. The standard InChI is InChI=1S/C19H16ClF2NO4/c1-12-2-3-13(10-16(12)20)4-9-18(25)26-11-17(24)23-14-5-7-15(8-6-14)27-19(21)22/h2-10,19H,11H2,1H3,(H,23,24)/b9-4+. The zero-order valence-electron chi connectivity index (χ0n) is 14.2. The topological polar surface area (TPSA) is 64.6 Å². The van der Waals surface area contributed by atoms with Crippen LogP contribution in [0.4, 0.5) is 14.5 Å². The average molecular weight is 396 g/mol. The normalized spacial score (nSPS) is 10.9. The maximum absolute atomic E-state index is 12.1. The van der Waals surface area contributed by atoms with Gasteiger partial charge in [-0.3, -0.25) is 4.79 Å². The van der Waals surface area contributed by atoms with E-state index in [-0.39, 0.29) is 5.75 Å². The van der Waals surface area contributed by atoms with Crippen LogP contribution in [0.1, 0.15) is 11.1 Å². The number of aryl methyl sites for hydroxylation is 1. The van der Waals surface area contributed by atoms with E-state index >= 15 is 0 Å². The lowest BCUT2D eigenvalue weighted by atomic mass is 10.1. The van der Waals surface area contributed by atoms with Crippen molar-refractivity contribution in [2.24, 2.45) is 0 Å². The van der Waals surface area contributed by atoms with Gasteiger partial charge in [-0.05, 0) is 54.5 Å². The number of alkyl halides is 2. The number of esters is 1. The van der Waals surface area contributed by atoms with Crippen molar-refractivity contribution in [1.29, 1.82) is 0 Å². The number of carbonyl (C=O) groups is 2. The first-order chi connectivity index (χ1) is 12.8. The predicted octanol–water partition coefficient (Wildman–Crippen LogP) is 4.44. The molecule has 2 rings (SSSR count). The van der Waals surface area contributed by atoms with Crippen LogP contribution in [-0.2, 0) is 14.3 Å². The Labute approximate surface area is 159 Å². The third-order valence-electron chi connectivity index (χ3n) is 3.32. The maximum atomic E-state index is 12.1. The second-order valence-electron chi connectivity index (χ2n) is 5.40. The number of hydrogen-bond donors (Lipinski definition) is 1. The third-order valence-corrected chi connectivity index (χ3v) is 3.72. The van der Waals surface area contributed by atoms with Gasteiger partial charge in [0.1, 0.15) is 5.75 Å². The Morgan fingerprint density at radius 1 is 1.19 bits per heavy atom. The lowest BCUT2D eigenvalue weighted by Crippen LogP contribution is -2.20. The van der Waals surface area contributed by atoms with Crippen LogP contribution >= 0.6 is 11.6 Å². The van der Waals surface area contributed by atoms with Crippen LogP contribution in [0.25, 0.3) is 6.08 Å². The molecule has 0 saturated carbocycles. The van der Waals surface area contributed by atoms with Crippen LogP contribution in [0.2, 0.25) is 5.02 Å². The molecular formula is C19H16ClF2NO4. The molecule has 0 unspecified atom stereocenters. The summed E-state index contributed by atoms with van der Waals surface area (Å²) >= 11 is 6.00. The maximum Gasteiger partial charge on any atom is 0.387 e. The molecule has 1 N–H and O–H groups in total. The van der Waals surface area contributed by atoms with Crippen LogP contribution in [0.5, 0.6) is 5.75 Å². The summed E-state index contributed by atoms with van der Waals surface area (Å²) in [6.07, 6.45) is 2.71. The zero-order valence-corrected chi connectivity index (χ0v) is 15.0. The Kier molecular flexibility index (Phi) is 7.31. The molecule has 0 aliphatic rings. The molecule has 0 atom stereocenters. The fraction of sp³-hybridized carbons (Fsp3) is 0.158. The highest BCUT2D eigenvalue weighted by molar-refractivity contribution is 6.31. The van der Waals surface area contributed by atoms with Crippen molar-refractivity contribution < 1.29 is 27.8 Å². The van der Waals surface area contributed by atoms with Crippen molar-refractivity contribution in [3.63, 3.8) is 0 Å². The van der Waals surface area contributed by atoms with Crippen LogP contribution in [0, 0.1) is 6.92 Å². The van der Waals surface area contributed by atoms with Gasteiger partial charge in [0.05, 0.1) is 0 Å².